The lowest BCUT2D eigenvalue weighted by molar-refractivity contribution is 0.425. The Bertz CT molecular complexity index is 2980. The van der Waals surface area contributed by atoms with Gasteiger partial charge in [-0.3, -0.25) is 0 Å². The van der Waals surface area contributed by atoms with E-state index in [1.807, 2.05) is 23.5 Å². The molecule has 0 spiro atoms. The molecule has 4 aliphatic rings. The molecule has 2 atom stereocenters. The minimum atomic E-state index is 0.205. The highest BCUT2D eigenvalue weighted by Gasteiger charge is 2.22. The van der Waals surface area contributed by atoms with E-state index in [-0.39, 0.29) is 5.92 Å². The first kappa shape index (κ1) is 33.6. The average molecular weight is 752 g/mol. The van der Waals surface area contributed by atoms with Gasteiger partial charge >= 0.3 is 0 Å². The van der Waals surface area contributed by atoms with Gasteiger partial charge in [-0.1, -0.05) is 134 Å². The van der Waals surface area contributed by atoms with E-state index in [1.54, 1.807) is 0 Å². The number of allylic oxidation sites excluding steroid dienone is 13. The number of rotatable bonds is 6. The van der Waals surface area contributed by atoms with Crippen molar-refractivity contribution in [3.05, 3.63) is 204 Å². The highest BCUT2D eigenvalue weighted by atomic mass is 32.1. The maximum absolute atomic E-state index is 6.31. The van der Waals surface area contributed by atoms with Crippen LogP contribution < -0.4 is 4.74 Å². The van der Waals surface area contributed by atoms with E-state index in [2.05, 4.69) is 164 Å². The smallest absolute Gasteiger partial charge is 0.164 e. The number of benzene rings is 5. The van der Waals surface area contributed by atoms with Gasteiger partial charge in [0.1, 0.15) is 11.5 Å². The Labute approximate surface area is 336 Å². The number of hydrogen-bond donors (Lipinski definition) is 0. The van der Waals surface area contributed by atoms with Gasteiger partial charge in [-0.05, 0) is 95.1 Å². The second-order valence-electron chi connectivity index (χ2n) is 15.0. The molecule has 4 nitrogen and oxygen atoms in total. The molecule has 3 heterocycles. The molecule has 2 unspecified atom stereocenters. The van der Waals surface area contributed by atoms with Crippen LogP contribution in [-0.4, -0.2) is 15.0 Å². The van der Waals surface area contributed by atoms with Crippen LogP contribution in [0.25, 0.3) is 65.2 Å². The van der Waals surface area contributed by atoms with E-state index in [9.17, 15) is 0 Å². The maximum Gasteiger partial charge on any atom is 0.164 e. The summed E-state index contributed by atoms with van der Waals surface area (Å²) < 4.78 is 8.81. The molecule has 0 saturated heterocycles. The Morgan fingerprint density at radius 3 is 2.40 bits per heavy atom. The lowest BCUT2D eigenvalue weighted by atomic mass is 9.87. The SMILES string of the molecule is C1=CCCC(c2nc(-c3cccc(-c4ccc5c(c4)OC4=CC5C=CC=C4)c3)nc(-c3cccc4sc5ccc(C6C=CC(c7ccccc7)=CC6)cc5c34)n2)=C1. The van der Waals surface area contributed by atoms with Crippen LogP contribution >= 0.6 is 11.3 Å². The van der Waals surface area contributed by atoms with Gasteiger partial charge < -0.3 is 4.74 Å². The number of thiophene rings is 1. The fraction of sp³-hybridized carbons (Fsp3) is 0.0962. The second-order valence-corrected chi connectivity index (χ2v) is 16.1. The number of hydrogen-bond acceptors (Lipinski definition) is 5. The summed E-state index contributed by atoms with van der Waals surface area (Å²) in [5.41, 5.74) is 10.3. The maximum atomic E-state index is 6.31. The van der Waals surface area contributed by atoms with Gasteiger partial charge in [-0.2, -0.15) is 0 Å². The number of nitrogens with zero attached hydrogens (tertiary/aromatic N) is 3. The van der Waals surface area contributed by atoms with Crippen LogP contribution in [-0.2, 0) is 0 Å². The number of fused-ring (bicyclic) bond motifs is 6. The first-order valence-electron chi connectivity index (χ1n) is 19.7. The highest BCUT2D eigenvalue weighted by molar-refractivity contribution is 7.25. The molecule has 2 bridgehead atoms. The summed E-state index contributed by atoms with van der Waals surface area (Å²) in [5.74, 6) is 4.38. The predicted octanol–water partition coefficient (Wildman–Crippen LogP) is 13.6. The van der Waals surface area contributed by atoms with E-state index in [1.165, 1.54) is 42.4 Å². The normalized spacial score (nSPS) is 18.1. The van der Waals surface area contributed by atoms with Crippen molar-refractivity contribution < 1.29 is 4.74 Å². The molecular weight excluding hydrogens is 715 g/mol. The lowest BCUT2D eigenvalue weighted by Gasteiger charge is -2.22. The Morgan fingerprint density at radius 2 is 1.51 bits per heavy atom. The molecule has 7 aromatic rings. The zero-order valence-corrected chi connectivity index (χ0v) is 32.0. The van der Waals surface area contributed by atoms with E-state index < -0.39 is 0 Å². The Morgan fingerprint density at radius 1 is 0.649 bits per heavy atom. The van der Waals surface area contributed by atoms with E-state index in [0.29, 0.717) is 17.6 Å². The van der Waals surface area contributed by atoms with Gasteiger partial charge in [0, 0.05) is 48.7 Å². The van der Waals surface area contributed by atoms with Crippen LogP contribution in [0.4, 0.5) is 0 Å². The zero-order chi connectivity index (χ0) is 37.7. The average Bonchev–Trinajstić information content (AvgIpc) is 3.55. The van der Waals surface area contributed by atoms with Gasteiger partial charge in [-0.15, -0.1) is 11.3 Å². The molecule has 272 valence electrons. The van der Waals surface area contributed by atoms with Crippen LogP contribution in [0.3, 0.4) is 0 Å². The van der Waals surface area contributed by atoms with E-state index in [0.717, 1.165) is 64.4 Å². The molecule has 11 rings (SSSR count). The Kier molecular flexibility index (Phi) is 8.33. The van der Waals surface area contributed by atoms with Crippen molar-refractivity contribution >= 4 is 42.7 Å². The predicted molar refractivity (Wildman–Crippen MR) is 236 cm³/mol. The van der Waals surface area contributed by atoms with Gasteiger partial charge in [0.25, 0.3) is 0 Å². The summed E-state index contributed by atoms with van der Waals surface area (Å²) in [6.45, 7) is 0. The third kappa shape index (κ3) is 6.30. The second kappa shape index (κ2) is 14.1. The van der Waals surface area contributed by atoms with Gasteiger partial charge in [0.2, 0.25) is 0 Å². The third-order valence-electron chi connectivity index (χ3n) is 11.4. The van der Waals surface area contributed by atoms with Crippen molar-refractivity contribution in [3.63, 3.8) is 0 Å². The standard InChI is InChI=1S/C52H37N3OS/c1-3-11-33(12-4-1)34-21-23-35(24-22-34)38-26-28-47-45(31-38)49-44(19-10-20-48(49)57-47)52-54-50(36-13-5-2-6-14-36)53-51(55-52)41-17-9-16-37(29-41)39-25-27-43-40-15-7-8-18-42(30-40)56-46(43)32-39/h1-5,7-13,15-23,25-32,35,40H,6,14,24H2. The topological polar surface area (TPSA) is 47.9 Å². The van der Waals surface area contributed by atoms with Crippen LogP contribution in [0, 0.1) is 0 Å². The molecule has 5 aromatic carbocycles. The third-order valence-corrected chi connectivity index (χ3v) is 12.6. The van der Waals surface area contributed by atoms with Crippen molar-refractivity contribution in [1.29, 1.82) is 0 Å². The summed E-state index contributed by atoms with van der Waals surface area (Å²) >= 11 is 1.83. The van der Waals surface area contributed by atoms with Crippen LogP contribution in [0.2, 0.25) is 0 Å². The first-order valence-corrected chi connectivity index (χ1v) is 20.5. The molecule has 0 saturated carbocycles. The minimum Gasteiger partial charge on any atom is -0.457 e. The molecule has 0 radical (unpaired) electrons. The molecule has 57 heavy (non-hydrogen) atoms. The fourth-order valence-corrected chi connectivity index (χ4v) is 9.57. The van der Waals surface area contributed by atoms with E-state index >= 15 is 0 Å². The fourth-order valence-electron chi connectivity index (χ4n) is 8.46. The molecular formula is C52H37N3OS. The Balaban J connectivity index is 0.994. The minimum absolute atomic E-state index is 0.205. The molecule has 0 fully saturated rings. The summed E-state index contributed by atoms with van der Waals surface area (Å²) in [4.78, 5) is 15.7. The molecule has 0 amide bonds. The molecule has 5 heteroatoms. The van der Waals surface area contributed by atoms with Crippen molar-refractivity contribution in [2.24, 2.45) is 0 Å². The molecule has 1 aliphatic heterocycles. The van der Waals surface area contributed by atoms with Crippen molar-refractivity contribution in [1.82, 2.24) is 15.0 Å². The number of aromatic nitrogens is 3. The first-order chi connectivity index (χ1) is 28.2. The van der Waals surface area contributed by atoms with E-state index in [4.69, 9.17) is 19.7 Å². The monoisotopic (exact) mass is 751 g/mol. The van der Waals surface area contributed by atoms with Gasteiger partial charge in [0.05, 0.1) is 0 Å². The van der Waals surface area contributed by atoms with Gasteiger partial charge in [0.15, 0.2) is 17.5 Å². The molecule has 2 aromatic heterocycles. The quantitative estimate of drug-likeness (QED) is 0.170. The lowest BCUT2D eigenvalue weighted by Crippen LogP contribution is -2.06. The van der Waals surface area contributed by atoms with Crippen LogP contribution in [0.15, 0.2) is 182 Å². The van der Waals surface area contributed by atoms with Crippen LogP contribution in [0.1, 0.15) is 53.6 Å². The summed E-state index contributed by atoms with van der Waals surface area (Å²) in [6.07, 6.45) is 26.8. The summed E-state index contributed by atoms with van der Waals surface area (Å²) in [5, 5.41) is 2.44. The summed E-state index contributed by atoms with van der Waals surface area (Å²) in [6, 6.07) is 39.2. The van der Waals surface area contributed by atoms with Gasteiger partial charge in [-0.25, -0.2) is 15.0 Å². The molecule has 3 aliphatic carbocycles. The molecule has 0 N–H and O–H groups in total. The Hall–Kier alpha value is -6.69. The largest absolute Gasteiger partial charge is 0.457 e. The summed E-state index contributed by atoms with van der Waals surface area (Å²) in [7, 11) is 0. The van der Waals surface area contributed by atoms with Crippen molar-refractivity contribution in [2.45, 2.75) is 31.1 Å². The number of ether oxygens (including phenoxy) is 1. The van der Waals surface area contributed by atoms with Crippen molar-refractivity contribution in [3.8, 4) is 39.7 Å². The van der Waals surface area contributed by atoms with Crippen molar-refractivity contribution in [2.75, 3.05) is 0 Å². The zero-order valence-electron chi connectivity index (χ0n) is 31.2. The highest BCUT2D eigenvalue weighted by Crippen LogP contribution is 2.43. The van der Waals surface area contributed by atoms with Crippen LogP contribution in [0.5, 0.6) is 5.75 Å².